The Hall–Kier alpha value is -2.65. The van der Waals surface area contributed by atoms with Crippen LogP contribution in [0.3, 0.4) is 0 Å². The molecule has 0 saturated carbocycles. The molecule has 2 heterocycles. The number of thiazole rings is 1. The van der Waals surface area contributed by atoms with Crippen molar-refractivity contribution in [2.24, 2.45) is 0 Å². The maximum atomic E-state index is 13.0. The van der Waals surface area contributed by atoms with Crippen LogP contribution in [0.4, 0.5) is 11.4 Å². The molecule has 10 heteroatoms. The summed E-state index contributed by atoms with van der Waals surface area (Å²) in [5.41, 5.74) is 2.58. The first-order valence-electron chi connectivity index (χ1n) is 10.2. The highest BCUT2D eigenvalue weighted by atomic mass is 35.5. The molecular weight excluding hydrogens is 485 g/mol. The van der Waals surface area contributed by atoms with E-state index in [0.717, 1.165) is 22.7 Å². The van der Waals surface area contributed by atoms with Crippen molar-refractivity contribution < 1.29 is 19.1 Å². The van der Waals surface area contributed by atoms with Crippen LogP contribution in [0.15, 0.2) is 41.8 Å². The fourth-order valence-electron chi connectivity index (χ4n) is 3.49. The van der Waals surface area contributed by atoms with E-state index in [4.69, 9.17) is 32.7 Å². The van der Waals surface area contributed by atoms with Crippen molar-refractivity contribution >= 4 is 57.7 Å². The number of nitrogens with one attached hydrogen (secondary N) is 1. The number of hydrogen-bond acceptors (Lipinski definition) is 6. The maximum Gasteiger partial charge on any atom is 0.265 e. The summed E-state index contributed by atoms with van der Waals surface area (Å²) >= 11 is 13.6. The van der Waals surface area contributed by atoms with Crippen molar-refractivity contribution in [1.29, 1.82) is 0 Å². The monoisotopic (exact) mass is 505 g/mol. The molecule has 0 fully saturated rings. The van der Waals surface area contributed by atoms with Gasteiger partial charge in [0.1, 0.15) is 11.8 Å². The lowest BCUT2D eigenvalue weighted by Crippen LogP contribution is -2.49. The molecule has 0 aliphatic carbocycles. The van der Waals surface area contributed by atoms with Crippen molar-refractivity contribution in [2.75, 3.05) is 30.5 Å². The number of benzene rings is 2. The minimum absolute atomic E-state index is 0.148. The Morgan fingerprint density at radius 2 is 2.03 bits per heavy atom. The Morgan fingerprint density at radius 3 is 2.76 bits per heavy atom. The van der Waals surface area contributed by atoms with E-state index in [1.165, 1.54) is 4.90 Å². The predicted molar refractivity (Wildman–Crippen MR) is 131 cm³/mol. The topological polar surface area (TPSA) is 80.8 Å². The van der Waals surface area contributed by atoms with Crippen LogP contribution in [0.1, 0.15) is 11.9 Å². The third kappa shape index (κ3) is 5.30. The van der Waals surface area contributed by atoms with Gasteiger partial charge in [-0.25, -0.2) is 4.98 Å². The molecule has 1 N–H and O–H groups in total. The zero-order chi connectivity index (χ0) is 23.5. The molecule has 33 heavy (non-hydrogen) atoms. The van der Waals surface area contributed by atoms with Gasteiger partial charge < -0.3 is 14.8 Å². The number of ether oxygens (including phenoxy) is 2. The fourth-order valence-corrected chi connectivity index (χ4v) is 4.81. The molecule has 1 atom stereocenters. The summed E-state index contributed by atoms with van der Waals surface area (Å²) in [4.78, 5) is 31.9. The quantitative estimate of drug-likeness (QED) is 0.485. The van der Waals surface area contributed by atoms with Gasteiger partial charge in [0.25, 0.3) is 5.91 Å². The lowest BCUT2D eigenvalue weighted by Gasteiger charge is -2.33. The average Bonchev–Trinajstić information content (AvgIpc) is 3.25. The number of hydrogen-bond donors (Lipinski definition) is 1. The van der Waals surface area contributed by atoms with Crippen molar-refractivity contribution in [3.8, 4) is 17.0 Å². The summed E-state index contributed by atoms with van der Waals surface area (Å²) in [6.07, 6.45) is 0.727. The Morgan fingerprint density at radius 1 is 1.27 bits per heavy atom. The summed E-state index contributed by atoms with van der Waals surface area (Å²) in [6.45, 7) is 2.11. The zero-order valence-corrected chi connectivity index (χ0v) is 20.3. The lowest BCUT2D eigenvalue weighted by molar-refractivity contribution is -0.125. The number of aromatic nitrogens is 1. The third-order valence-corrected chi connectivity index (χ3v) is 6.45. The molecule has 7 nitrogen and oxygen atoms in total. The van der Waals surface area contributed by atoms with Crippen LogP contribution in [0.5, 0.6) is 5.75 Å². The van der Waals surface area contributed by atoms with Crippen molar-refractivity contribution in [3.63, 3.8) is 0 Å². The van der Waals surface area contributed by atoms with Crippen LogP contribution < -0.4 is 15.0 Å². The van der Waals surface area contributed by atoms with Gasteiger partial charge in [-0.05, 0) is 43.3 Å². The fraction of sp³-hybridized carbons (Fsp3) is 0.261. The highest BCUT2D eigenvalue weighted by molar-refractivity contribution is 7.09. The molecule has 2 aromatic carbocycles. The molecule has 2 amide bonds. The Labute approximate surface area is 205 Å². The Kier molecular flexibility index (Phi) is 7.19. The molecule has 4 rings (SSSR count). The normalized spacial score (nSPS) is 13.9. The van der Waals surface area contributed by atoms with Gasteiger partial charge in [-0.1, -0.05) is 23.2 Å². The summed E-state index contributed by atoms with van der Waals surface area (Å²) in [6, 6.07) is 9.45. The van der Waals surface area contributed by atoms with Crippen LogP contribution in [0.2, 0.25) is 10.0 Å². The Bertz CT molecular complexity index is 1180. The van der Waals surface area contributed by atoms with Gasteiger partial charge in [0.05, 0.1) is 23.0 Å². The van der Waals surface area contributed by atoms with E-state index in [2.05, 4.69) is 10.3 Å². The number of methoxy groups -OCH3 is 1. The van der Waals surface area contributed by atoms with Gasteiger partial charge in [0, 0.05) is 40.2 Å². The second-order valence-electron chi connectivity index (χ2n) is 7.43. The molecule has 172 valence electrons. The number of halogens is 2. The molecule has 3 aromatic rings. The summed E-state index contributed by atoms with van der Waals surface area (Å²) in [7, 11) is 1.65. The highest BCUT2D eigenvalue weighted by Gasteiger charge is 2.33. The first kappa shape index (κ1) is 23.5. The standard InChI is InChI=1S/C23H21Cl2N3O4S/c1-13(23(30)26-17-9-15(24)8-16(25)10-17)28-19-7-14(3-4-20(19)32-11-22(28)29)18-12-33-21(27-18)5-6-31-2/h3-4,7-10,12-13H,5-6,11H2,1-2H3,(H,26,30). The summed E-state index contributed by atoms with van der Waals surface area (Å²) in [5.74, 6) is -0.167. The van der Waals surface area contributed by atoms with Crippen LogP contribution in [0.25, 0.3) is 11.3 Å². The van der Waals surface area contributed by atoms with E-state index < -0.39 is 6.04 Å². The SMILES string of the molecule is COCCc1nc(-c2ccc3c(c2)N(C(C)C(=O)Nc2cc(Cl)cc(Cl)c2)C(=O)CO3)cs1. The minimum Gasteiger partial charge on any atom is -0.482 e. The molecule has 0 spiro atoms. The molecule has 0 saturated heterocycles. The molecule has 1 aliphatic rings. The first-order chi connectivity index (χ1) is 15.9. The third-order valence-electron chi connectivity index (χ3n) is 5.10. The van der Waals surface area contributed by atoms with E-state index in [1.807, 2.05) is 17.5 Å². The molecule has 1 aromatic heterocycles. The lowest BCUT2D eigenvalue weighted by atomic mass is 10.1. The number of fused-ring (bicyclic) bond motifs is 1. The molecule has 0 radical (unpaired) electrons. The van der Waals surface area contributed by atoms with Gasteiger partial charge >= 0.3 is 0 Å². The average molecular weight is 506 g/mol. The van der Waals surface area contributed by atoms with E-state index in [9.17, 15) is 9.59 Å². The smallest absolute Gasteiger partial charge is 0.265 e. The molecule has 1 aliphatic heterocycles. The van der Waals surface area contributed by atoms with Gasteiger partial charge in [-0.15, -0.1) is 11.3 Å². The van der Waals surface area contributed by atoms with Crippen molar-refractivity contribution in [3.05, 3.63) is 56.8 Å². The second kappa shape index (κ2) is 10.1. The van der Waals surface area contributed by atoms with Crippen LogP contribution in [0, 0.1) is 0 Å². The number of nitrogens with zero attached hydrogens (tertiary/aromatic N) is 2. The molecule has 1 unspecified atom stereocenters. The summed E-state index contributed by atoms with van der Waals surface area (Å²) in [5, 5.41) is 6.49. The van der Waals surface area contributed by atoms with E-state index >= 15 is 0 Å². The zero-order valence-electron chi connectivity index (χ0n) is 17.9. The van der Waals surface area contributed by atoms with Gasteiger partial charge in [-0.3, -0.25) is 14.5 Å². The van der Waals surface area contributed by atoms with E-state index in [1.54, 1.807) is 49.6 Å². The first-order valence-corrected chi connectivity index (χ1v) is 11.8. The van der Waals surface area contributed by atoms with Crippen LogP contribution in [-0.2, 0) is 20.7 Å². The Balaban J connectivity index is 1.60. The van der Waals surface area contributed by atoms with E-state index in [-0.39, 0.29) is 18.4 Å². The van der Waals surface area contributed by atoms with Crippen molar-refractivity contribution in [2.45, 2.75) is 19.4 Å². The van der Waals surface area contributed by atoms with Crippen LogP contribution in [-0.4, -0.2) is 43.2 Å². The molecule has 0 bridgehead atoms. The minimum atomic E-state index is -0.805. The summed E-state index contributed by atoms with van der Waals surface area (Å²) < 4.78 is 10.7. The van der Waals surface area contributed by atoms with E-state index in [0.29, 0.717) is 33.8 Å². The van der Waals surface area contributed by atoms with Crippen LogP contribution >= 0.6 is 34.5 Å². The number of carbonyl (C=O) groups is 2. The maximum absolute atomic E-state index is 13.0. The van der Waals surface area contributed by atoms with Gasteiger partial charge in [-0.2, -0.15) is 0 Å². The van der Waals surface area contributed by atoms with Gasteiger partial charge in [0.2, 0.25) is 5.91 Å². The number of amides is 2. The predicted octanol–water partition coefficient (Wildman–Crippen LogP) is 5.06. The number of rotatable bonds is 7. The van der Waals surface area contributed by atoms with Gasteiger partial charge in [0.15, 0.2) is 6.61 Å². The number of carbonyl (C=O) groups excluding carboxylic acids is 2. The largest absolute Gasteiger partial charge is 0.482 e. The second-order valence-corrected chi connectivity index (χ2v) is 9.24. The van der Waals surface area contributed by atoms with Crippen molar-refractivity contribution in [1.82, 2.24) is 4.98 Å². The molecular formula is C23H21Cl2N3O4S. The number of anilines is 2. The highest BCUT2D eigenvalue weighted by Crippen LogP contribution is 2.37.